The summed E-state index contributed by atoms with van der Waals surface area (Å²) in [5, 5.41) is 0. The molecule has 2 nitrogen and oxygen atoms in total. The van der Waals surface area contributed by atoms with E-state index in [1.165, 1.54) is 18.5 Å². The first-order valence-corrected chi connectivity index (χ1v) is 6.32. The van der Waals surface area contributed by atoms with Crippen molar-refractivity contribution in [1.82, 2.24) is 4.90 Å². The minimum absolute atomic E-state index is 0.774. The van der Waals surface area contributed by atoms with Crippen LogP contribution in [-0.2, 0) is 0 Å². The maximum absolute atomic E-state index is 5.61. The first-order valence-electron chi connectivity index (χ1n) is 6.32. The Morgan fingerprint density at radius 1 is 1.31 bits per heavy atom. The molecule has 16 heavy (non-hydrogen) atoms. The molecule has 0 spiro atoms. The molecule has 1 aromatic carbocycles. The van der Waals surface area contributed by atoms with Gasteiger partial charge < -0.3 is 10.6 Å². The van der Waals surface area contributed by atoms with Gasteiger partial charge in [0.2, 0.25) is 0 Å². The lowest BCUT2D eigenvalue weighted by molar-refractivity contribution is 0.282. The van der Waals surface area contributed by atoms with Gasteiger partial charge in [0.1, 0.15) is 0 Å². The van der Waals surface area contributed by atoms with E-state index in [0.717, 1.165) is 31.5 Å². The standard InChI is InChI=1S/C14H22N2/c1-2-16(9-8-15)11-13-10-14(13)12-6-4-3-5-7-12/h3-7,13-14H,2,8-11,15H2,1H3. The summed E-state index contributed by atoms with van der Waals surface area (Å²) in [4.78, 5) is 2.47. The molecule has 2 rings (SSSR count). The Hall–Kier alpha value is -0.860. The second-order valence-electron chi connectivity index (χ2n) is 4.69. The molecule has 1 aliphatic carbocycles. The van der Waals surface area contributed by atoms with E-state index >= 15 is 0 Å². The van der Waals surface area contributed by atoms with Crippen molar-refractivity contribution in [2.45, 2.75) is 19.3 Å². The average Bonchev–Trinajstić information content (AvgIpc) is 3.09. The molecule has 0 radical (unpaired) electrons. The molecule has 0 heterocycles. The SMILES string of the molecule is CCN(CCN)CC1CC1c1ccccc1. The molecule has 0 bridgehead atoms. The van der Waals surface area contributed by atoms with Crippen LogP contribution in [0.4, 0.5) is 0 Å². The van der Waals surface area contributed by atoms with Gasteiger partial charge in [-0.15, -0.1) is 0 Å². The van der Waals surface area contributed by atoms with Crippen LogP contribution in [0.3, 0.4) is 0 Å². The third kappa shape index (κ3) is 2.83. The largest absolute Gasteiger partial charge is 0.329 e. The number of hydrogen-bond acceptors (Lipinski definition) is 2. The van der Waals surface area contributed by atoms with Crippen molar-refractivity contribution in [1.29, 1.82) is 0 Å². The molecule has 2 heteroatoms. The Balaban J connectivity index is 1.83. The fraction of sp³-hybridized carbons (Fsp3) is 0.571. The van der Waals surface area contributed by atoms with Crippen LogP contribution in [0.5, 0.6) is 0 Å². The highest BCUT2D eigenvalue weighted by Gasteiger charge is 2.38. The number of hydrogen-bond donors (Lipinski definition) is 1. The van der Waals surface area contributed by atoms with Crippen molar-refractivity contribution in [3.05, 3.63) is 35.9 Å². The summed E-state index contributed by atoms with van der Waals surface area (Å²) < 4.78 is 0. The fourth-order valence-electron chi connectivity index (χ4n) is 2.45. The highest BCUT2D eigenvalue weighted by atomic mass is 15.1. The summed E-state index contributed by atoms with van der Waals surface area (Å²) in [6.45, 7) is 6.36. The minimum atomic E-state index is 0.774. The van der Waals surface area contributed by atoms with E-state index in [2.05, 4.69) is 42.2 Å². The maximum Gasteiger partial charge on any atom is 0.0105 e. The van der Waals surface area contributed by atoms with Gasteiger partial charge in [-0.1, -0.05) is 37.3 Å². The van der Waals surface area contributed by atoms with Crippen molar-refractivity contribution in [2.24, 2.45) is 11.7 Å². The Morgan fingerprint density at radius 3 is 2.69 bits per heavy atom. The Kier molecular flexibility index (Phi) is 3.97. The number of rotatable bonds is 6. The summed E-state index contributed by atoms with van der Waals surface area (Å²) in [5.74, 6) is 1.65. The molecule has 0 aliphatic heterocycles. The summed E-state index contributed by atoms with van der Waals surface area (Å²) >= 11 is 0. The maximum atomic E-state index is 5.61. The van der Waals surface area contributed by atoms with Crippen LogP contribution in [0.15, 0.2) is 30.3 Å². The molecular formula is C14H22N2. The van der Waals surface area contributed by atoms with Crippen LogP contribution in [0, 0.1) is 5.92 Å². The molecule has 0 amide bonds. The lowest BCUT2D eigenvalue weighted by atomic mass is 10.1. The predicted octanol–water partition coefficient (Wildman–Crippen LogP) is 2.07. The summed E-state index contributed by atoms with van der Waals surface area (Å²) in [6, 6.07) is 10.9. The lowest BCUT2D eigenvalue weighted by Crippen LogP contribution is -2.31. The Bertz CT molecular complexity index is 310. The van der Waals surface area contributed by atoms with Crippen LogP contribution >= 0.6 is 0 Å². The van der Waals surface area contributed by atoms with Crippen LogP contribution in [-0.4, -0.2) is 31.1 Å². The molecule has 0 saturated heterocycles. The van der Waals surface area contributed by atoms with E-state index in [9.17, 15) is 0 Å². The van der Waals surface area contributed by atoms with E-state index in [4.69, 9.17) is 5.73 Å². The average molecular weight is 218 g/mol. The number of benzene rings is 1. The summed E-state index contributed by atoms with van der Waals surface area (Å²) in [6.07, 6.45) is 1.35. The third-order valence-electron chi connectivity index (χ3n) is 3.54. The molecule has 1 saturated carbocycles. The number of nitrogens with zero attached hydrogens (tertiary/aromatic N) is 1. The molecule has 2 atom stereocenters. The predicted molar refractivity (Wildman–Crippen MR) is 68.5 cm³/mol. The van der Waals surface area contributed by atoms with Gasteiger partial charge in [-0.25, -0.2) is 0 Å². The molecule has 1 fully saturated rings. The first kappa shape index (κ1) is 11.6. The molecular weight excluding hydrogens is 196 g/mol. The minimum Gasteiger partial charge on any atom is -0.329 e. The van der Waals surface area contributed by atoms with Gasteiger partial charge in [-0.05, 0) is 30.4 Å². The van der Waals surface area contributed by atoms with Gasteiger partial charge in [0.15, 0.2) is 0 Å². The normalized spacial score (nSPS) is 23.7. The Labute approximate surface area is 98.4 Å². The fourth-order valence-corrected chi connectivity index (χ4v) is 2.45. The van der Waals surface area contributed by atoms with Crippen LogP contribution in [0.2, 0.25) is 0 Å². The van der Waals surface area contributed by atoms with Crippen molar-refractivity contribution in [2.75, 3.05) is 26.2 Å². The lowest BCUT2D eigenvalue weighted by Gasteiger charge is -2.19. The zero-order chi connectivity index (χ0) is 11.4. The van der Waals surface area contributed by atoms with Crippen molar-refractivity contribution < 1.29 is 0 Å². The zero-order valence-corrected chi connectivity index (χ0v) is 10.1. The van der Waals surface area contributed by atoms with Crippen LogP contribution in [0.1, 0.15) is 24.8 Å². The molecule has 2 unspecified atom stereocenters. The number of nitrogens with two attached hydrogens (primary N) is 1. The highest BCUT2D eigenvalue weighted by molar-refractivity contribution is 5.25. The van der Waals surface area contributed by atoms with Gasteiger partial charge in [0.05, 0.1) is 0 Å². The van der Waals surface area contributed by atoms with E-state index in [1.807, 2.05) is 0 Å². The van der Waals surface area contributed by atoms with Gasteiger partial charge >= 0.3 is 0 Å². The van der Waals surface area contributed by atoms with E-state index < -0.39 is 0 Å². The monoisotopic (exact) mass is 218 g/mol. The van der Waals surface area contributed by atoms with Gasteiger partial charge in [-0.3, -0.25) is 0 Å². The topological polar surface area (TPSA) is 29.3 Å². The van der Waals surface area contributed by atoms with E-state index in [0.29, 0.717) is 0 Å². The second kappa shape index (κ2) is 5.46. The van der Waals surface area contributed by atoms with Crippen LogP contribution < -0.4 is 5.73 Å². The smallest absolute Gasteiger partial charge is 0.0105 e. The number of likely N-dealkylation sites (N-methyl/N-ethyl adjacent to an activating group) is 1. The van der Waals surface area contributed by atoms with Gasteiger partial charge in [-0.2, -0.15) is 0 Å². The highest BCUT2D eigenvalue weighted by Crippen LogP contribution is 2.47. The Morgan fingerprint density at radius 2 is 2.06 bits per heavy atom. The molecule has 1 aliphatic rings. The molecule has 1 aromatic rings. The third-order valence-corrected chi connectivity index (χ3v) is 3.54. The van der Waals surface area contributed by atoms with E-state index in [-0.39, 0.29) is 0 Å². The first-order chi connectivity index (χ1) is 7.85. The van der Waals surface area contributed by atoms with Crippen molar-refractivity contribution in [3.63, 3.8) is 0 Å². The van der Waals surface area contributed by atoms with Gasteiger partial charge in [0, 0.05) is 19.6 Å². The summed E-state index contributed by atoms with van der Waals surface area (Å²) in [5.41, 5.74) is 7.12. The van der Waals surface area contributed by atoms with Crippen molar-refractivity contribution >= 4 is 0 Å². The van der Waals surface area contributed by atoms with Crippen molar-refractivity contribution in [3.8, 4) is 0 Å². The zero-order valence-electron chi connectivity index (χ0n) is 10.1. The molecule has 2 N–H and O–H groups in total. The molecule has 0 aromatic heterocycles. The quantitative estimate of drug-likeness (QED) is 0.792. The summed E-state index contributed by atoms with van der Waals surface area (Å²) in [7, 11) is 0. The van der Waals surface area contributed by atoms with Crippen LogP contribution in [0.25, 0.3) is 0 Å². The second-order valence-corrected chi connectivity index (χ2v) is 4.69. The van der Waals surface area contributed by atoms with E-state index in [1.54, 1.807) is 0 Å². The molecule has 88 valence electrons. The van der Waals surface area contributed by atoms with Gasteiger partial charge in [0.25, 0.3) is 0 Å².